The van der Waals surface area contributed by atoms with Crippen LogP contribution in [0.5, 0.6) is 5.75 Å². The average Bonchev–Trinajstić information content (AvgIpc) is 2.94. The fourth-order valence-corrected chi connectivity index (χ4v) is 4.37. The third-order valence-corrected chi connectivity index (χ3v) is 6.00. The number of ether oxygens (including phenoxy) is 1. The van der Waals surface area contributed by atoms with Gasteiger partial charge in [0.15, 0.2) is 0 Å². The lowest BCUT2D eigenvalue weighted by molar-refractivity contribution is 0.0804. The molecule has 0 N–H and O–H groups in total. The van der Waals surface area contributed by atoms with Gasteiger partial charge in [0, 0.05) is 31.4 Å². The van der Waals surface area contributed by atoms with Gasteiger partial charge in [-0.25, -0.2) is 9.97 Å². The quantitative estimate of drug-likeness (QED) is 0.493. The number of piperidine rings is 1. The van der Waals surface area contributed by atoms with Gasteiger partial charge in [0.05, 0.1) is 17.1 Å². The van der Waals surface area contributed by atoms with Crippen LogP contribution in [0, 0.1) is 0 Å². The lowest BCUT2D eigenvalue weighted by Gasteiger charge is -2.32. The van der Waals surface area contributed by atoms with Crippen molar-refractivity contribution < 1.29 is 9.53 Å². The van der Waals surface area contributed by atoms with Crippen LogP contribution in [0.15, 0.2) is 54.7 Å². The van der Waals surface area contributed by atoms with Crippen LogP contribution in [0.4, 0.5) is 0 Å². The first kappa shape index (κ1) is 20.8. The maximum atomic E-state index is 13.0. The molecule has 0 saturated carbocycles. The number of rotatable bonds is 7. The largest absolute Gasteiger partial charge is 0.462 e. The summed E-state index contributed by atoms with van der Waals surface area (Å²) in [6.45, 7) is 3.76. The zero-order chi connectivity index (χ0) is 20.8. The number of alkyl halides is 1. The highest BCUT2D eigenvalue weighted by molar-refractivity contribution is 6.19. The maximum Gasteiger partial charge on any atom is 0.261 e. The Morgan fingerprint density at radius 1 is 1.10 bits per heavy atom. The minimum Gasteiger partial charge on any atom is -0.462 e. The Balaban J connectivity index is 1.31. The van der Waals surface area contributed by atoms with Gasteiger partial charge in [0.2, 0.25) is 0 Å². The van der Waals surface area contributed by atoms with E-state index in [1.54, 1.807) is 17.2 Å². The molecule has 1 fully saturated rings. The molecule has 3 heterocycles. The first-order valence-corrected chi connectivity index (χ1v) is 11.1. The molecule has 1 aromatic carbocycles. The summed E-state index contributed by atoms with van der Waals surface area (Å²) in [7, 11) is 0. The van der Waals surface area contributed by atoms with Crippen LogP contribution in [0.2, 0.25) is 0 Å². The van der Waals surface area contributed by atoms with Gasteiger partial charge in [-0.1, -0.05) is 12.1 Å². The highest BCUT2D eigenvalue weighted by Gasteiger charge is 2.26. The molecule has 1 unspecified atom stereocenters. The lowest BCUT2D eigenvalue weighted by atomic mass is 9.97. The first-order valence-electron chi connectivity index (χ1n) is 10.6. The molecule has 7 heteroatoms. The van der Waals surface area contributed by atoms with Crippen molar-refractivity contribution >= 4 is 17.5 Å². The Kier molecular flexibility index (Phi) is 6.97. The Hall–Kier alpha value is -2.44. The number of halogens is 1. The average molecular weight is 427 g/mol. The van der Waals surface area contributed by atoms with Crippen molar-refractivity contribution in [1.82, 2.24) is 19.8 Å². The molecule has 1 atom stereocenters. The number of likely N-dealkylation sites (tertiary alicyclic amines) is 1. The lowest BCUT2D eigenvalue weighted by Crippen LogP contribution is -2.36. The zero-order valence-corrected chi connectivity index (χ0v) is 17.8. The second-order valence-electron chi connectivity index (χ2n) is 7.77. The van der Waals surface area contributed by atoms with E-state index in [2.05, 4.69) is 14.9 Å². The Morgan fingerprint density at radius 2 is 1.90 bits per heavy atom. The van der Waals surface area contributed by atoms with Gasteiger partial charge in [-0.3, -0.25) is 4.79 Å². The third kappa shape index (κ3) is 4.82. The highest BCUT2D eigenvalue weighted by Crippen LogP contribution is 2.27. The van der Waals surface area contributed by atoms with Crippen molar-refractivity contribution in [3.05, 3.63) is 66.1 Å². The summed E-state index contributed by atoms with van der Waals surface area (Å²) in [6, 6.07) is 9.19. The summed E-state index contributed by atoms with van der Waals surface area (Å²) >= 11 is 6.10. The number of unbranched alkanes of at least 4 members (excludes halogenated alkanes) is 1. The van der Waals surface area contributed by atoms with Crippen LogP contribution in [0.1, 0.15) is 47.8 Å². The minimum atomic E-state index is -0.0470. The first-order chi connectivity index (χ1) is 14.8. The van der Waals surface area contributed by atoms with E-state index < -0.39 is 0 Å². The second kappa shape index (κ2) is 10.0. The molecular weight excluding hydrogens is 400 g/mol. The van der Waals surface area contributed by atoms with E-state index in [1.807, 2.05) is 36.7 Å². The number of nitrogens with zero attached hydrogens (tertiary/aromatic N) is 4. The van der Waals surface area contributed by atoms with Gasteiger partial charge in [0.1, 0.15) is 17.8 Å². The van der Waals surface area contributed by atoms with Crippen LogP contribution >= 0.6 is 11.6 Å². The predicted octanol–water partition coefficient (Wildman–Crippen LogP) is 4.05. The molecule has 6 nitrogen and oxygen atoms in total. The molecule has 0 spiro atoms. The van der Waals surface area contributed by atoms with Crippen LogP contribution in [0.3, 0.4) is 0 Å². The summed E-state index contributed by atoms with van der Waals surface area (Å²) in [6.07, 6.45) is 9.49. The summed E-state index contributed by atoms with van der Waals surface area (Å²) in [5.41, 5.74) is 1.28. The summed E-state index contributed by atoms with van der Waals surface area (Å²) in [4.78, 5) is 26.1. The molecule has 0 aliphatic carbocycles. The van der Waals surface area contributed by atoms with Crippen LogP contribution in [-0.4, -0.2) is 57.7 Å². The number of carbonyl (C=O) groups is 1. The Morgan fingerprint density at radius 3 is 2.73 bits per heavy atom. The van der Waals surface area contributed by atoms with Gasteiger partial charge in [-0.05, 0) is 57.0 Å². The molecule has 4 rings (SSSR count). The van der Waals surface area contributed by atoms with Crippen LogP contribution < -0.4 is 4.74 Å². The van der Waals surface area contributed by atoms with Gasteiger partial charge < -0.3 is 14.5 Å². The Bertz CT molecular complexity index is 890. The monoisotopic (exact) mass is 426 g/mol. The number of aromatic nitrogens is 2. The topological polar surface area (TPSA) is 58.6 Å². The summed E-state index contributed by atoms with van der Waals surface area (Å²) in [5.74, 6) is 2.13. The number of allylic oxidation sites excluding steroid dienone is 1. The normalized spacial score (nSPS) is 19.6. The van der Waals surface area contributed by atoms with Gasteiger partial charge in [-0.2, -0.15) is 0 Å². The molecular formula is C23H27ClN4O2. The molecule has 158 valence electrons. The van der Waals surface area contributed by atoms with E-state index in [1.165, 1.54) is 6.42 Å². The number of hydrogen-bond acceptors (Lipinski definition) is 5. The molecule has 2 aromatic rings. The van der Waals surface area contributed by atoms with Crippen molar-refractivity contribution in [3.8, 4) is 5.75 Å². The van der Waals surface area contributed by atoms with E-state index in [0.29, 0.717) is 29.5 Å². The molecule has 1 saturated heterocycles. The maximum absolute atomic E-state index is 13.0. The van der Waals surface area contributed by atoms with Crippen LogP contribution in [-0.2, 0) is 0 Å². The van der Waals surface area contributed by atoms with Crippen molar-refractivity contribution in [3.63, 3.8) is 0 Å². The Labute approximate surface area is 182 Å². The fourth-order valence-electron chi connectivity index (χ4n) is 4.16. The smallest absolute Gasteiger partial charge is 0.261 e. The minimum absolute atomic E-state index is 0.0470. The van der Waals surface area contributed by atoms with E-state index in [-0.39, 0.29) is 11.8 Å². The molecule has 2 aliphatic heterocycles. The number of carbonyl (C=O) groups excluding carboxylic acids is 1. The van der Waals surface area contributed by atoms with E-state index in [0.717, 1.165) is 44.7 Å². The third-order valence-electron chi connectivity index (χ3n) is 5.73. The molecule has 0 radical (unpaired) electrons. The molecule has 0 bridgehead atoms. The second-order valence-corrected chi connectivity index (χ2v) is 8.03. The standard InChI is InChI=1S/C23H27ClN4O2/c24-15-19-17-30-21-9-2-1-8-20(21)23(29)28(19)14-4-3-12-27-13-5-7-18(16-27)22-25-10-6-11-26-22/h1-2,6,8-11,17-18H,3-5,7,12-16H2. The van der Waals surface area contributed by atoms with Gasteiger partial charge in [0.25, 0.3) is 5.91 Å². The van der Waals surface area contributed by atoms with Crippen LogP contribution in [0.25, 0.3) is 0 Å². The van der Waals surface area contributed by atoms with Gasteiger partial charge in [-0.15, -0.1) is 11.6 Å². The molecule has 1 amide bonds. The summed E-state index contributed by atoms with van der Waals surface area (Å²) in [5, 5.41) is 0. The van der Waals surface area contributed by atoms with E-state index in [4.69, 9.17) is 16.3 Å². The van der Waals surface area contributed by atoms with Gasteiger partial charge >= 0.3 is 0 Å². The number of para-hydroxylation sites is 1. The van der Waals surface area contributed by atoms with Crippen molar-refractivity contribution in [2.45, 2.75) is 31.6 Å². The SMILES string of the molecule is O=C1c2ccccc2OC=C(CCl)N1CCCCN1CCCC(c2ncccn2)C1. The number of amides is 1. The van der Waals surface area contributed by atoms with Crippen molar-refractivity contribution in [2.24, 2.45) is 0 Å². The molecule has 30 heavy (non-hydrogen) atoms. The van der Waals surface area contributed by atoms with Crippen molar-refractivity contribution in [1.29, 1.82) is 0 Å². The summed E-state index contributed by atoms with van der Waals surface area (Å²) < 4.78 is 5.68. The number of fused-ring (bicyclic) bond motifs is 1. The number of hydrogen-bond donors (Lipinski definition) is 0. The van der Waals surface area contributed by atoms with E-state index in [9.17, 15) is 4.79 Å². The number of benzene rings is 1. The fraction of sp³-hybridized carbons (Fsp3) is 0.435. The predicted molar refractivity (Wildman–Crippen MR) is 117 cm³/mol. The van der Waals surface area contributed by atoms with Crippen molar-refractivity contribution in [2.75, 3.05) is 32.1 Å². The zero-order valence-electron chi connectivity index (χ0n) is 17.0. The molecule has 2 aliphatic rings. The highest BCUT2D eigenvalue weighted by atomic mass is 35.5. The van der Waals surface area contributed by atoms with E-state index >= 15 is 0 Å². The molecule has 1 aromatic heterocycles.